The van der Waals surface area contributed by atoms with Gasteiger partial charge in [-0.3, -0.25) is 14.8 Å². The van der Waals surface area contributed by atoms with E-state index in [9.17, 15) is 4.79 Å². The lowest BCUT2D eigenvalue weighted by atomic mass is 10.1. The van der Waals surface area contributed by atoms with Gasteiger partial charge in [0.2, 0.25) is 0 Å². The third-order valence-electron chi connectivity index (χ3n) is 7.08. The summed E-state index contributed by atoms with van der Waals surface area (Å²) in [6.07, 6.45) is 1.25. The zero-order valence-electron chi connectivity index (χ0n) is 18.5. The van der Waals surface area contributed by atoms with Crippen molar-refractivity contribution in [3.8, 4) is 16.9 Å². The van der Waals surface area contributed by atoms with Crippen LogP contribution in [-0.4, -0.2) is 57.1 Å². The van der Waals surface area contributed by atoms with Gasteiger partial charge in [0, 0.05) is 42.5 Å². The van der Waals surface area contributed by atoms with Crippen molar-refractivity contribution in [3.63, 3.8) is 0 Å². The number of nitrogens with zero attached hydrogens (tertiary/aromatic N) is 5. The van der Waals surface area contributed by atoms with E-state index in [0.717, 1.165) is 41.2 Å². The van der Waals surface area contributed by atoms with Gasteiger partial charge in [0.15, 0.2) is 0 Å². The predicted octanol–water partition coefficient (Wildman–Crippen LogP) is 3.29. The topological polar surface area (TPSA) is 70.1 Å². The summed E-state index contributed by atoms with van der Waals surface area (Å²) >= 11 is 0. The second kappa shape index (κ2) is 7.03. The Bertz CT molecular complexity index is 1360. The fourth-order valence-corrected chi connectivity index (χ4v) is 5.38. The first kappa shape index (κ1) is 19.3. The van der Waals surface area contributed by atoms with Gasteiger partial charge in [-0.2, -0.15) is 14.9 Å². The van der Waals surface area contributed by atoms with Crippen LogP contribution in [-0.2, 0) is 0 Å². The molecule has 0 radical (unpaired) electrons. The number of likely N-dealkylation sites (tertiary alicyclic amines) is 1. The third kappa shape index (κ3) is 2.88. The number of nitrogens with one attached hydrogen (secondary N) is 1. The summed E-state index contributed by atoms with van der Waals surface area (Å²) in [6, 6.07) is 17.4. The quantitative estimate of drug-likeness (QED) is 0.544. The molecule has 7 heteroatoms. The smallest absolute Gasteiger partial charge is 0.273 e. The number of benzene rings is 2. The highest BCUT2D eigenvalue weighted by molar-refractivity contribution is 5.89. The molecule has 162 valence electrons. The molecule has 2 saturated heterocycles. The van der Waals surface area contributed by atoms with Crippen molar-refractivity contribution in [2.24, 2.45) is 0 Å². The predicted molar refractivity (Wildman–Crippen MR) is 127 cm³/mol. The normalized spacial score (nSPS) is 20.5. The summed E-state index contributed by atoms with van der Waals surface area (Å²) in [5.41, 5.74) is 7.03. The lowest BCUT2D eigenvalue weighted by Crippen LogP contribution is -2.44. The Balaban J connectivity index is 1.39. The molecule has 2 fully saturated rings. The number of piperazine rings is 1. The van der Waals surface area contributed by atoms with Crippen LogP contribution in [0.4, 0.5) is 5.69 Å². The van der Waals surface area contributed by atoms with Gasteiger partial charge in [0.05, 0.1) is 11.2 Å². The van der Waals surface area contributed by atoms with Gasteiger partial charge in [-0.1, -0.05) is 30.3 Å². The van der Waals surface area contributed by atoms with Crippen LogP contribution in [0.2, 0.25) is 0 Å². The second-order valence-electron chi connectivity index (χ2n) is 9.15. The number of fused-ring (bicyclic) bond motifs is 3. The molecule has 32 heavy (non-hydrogen) atoms. The van der Waals surface area contributed by atoms with Gasteiger partial charge in [0.1, 0.15) is 11.2 Å². The summed E-state index contributed by atoms with van der Waals surface area (Å²) in [6.45, 7) is 6.22. The number of rotatable bonds is 3. The highest BCUT2D eigenvalue weighted by atomic mass is 16.1. The molecule has 6 rings (SSSR count). The van der Waals surface area contributed by atoms with Gasteiger partial charge in [0.25, 0.3) is 5.56 Å². The number of hydrogen-bond donors (Lipinski definition) is 1. The minimum Gasteiger partial charge on any atom is -0.366 e. The zero-order chi connectivity index (χ0) is 22.0. The Kier molecular flexibility index (Phi) is 4.23. The van der Waals surface area contributed by atoms with Crippen molar-refractivity contribution in [2.75, 3.05) is 25.0 Å². The molecule has 2 aliphatic heterocycles. The number of para-hydroxylation sites is 1. The van der Waals surface area contributed by atoms with E-state index in [-0.39, 0.29) is 5.56 Å². The second-order valence-corrected chi connectivity index (χ2v) is 9.15. The number of hydrogen-bond acceptors (Lipinski definition) is 5. The van der Waals surface area contributed by atoms with E-state index < -0.39 is 0 Å². The number of likely N-dealkylation sites (N-methyl/N-ethyl adjacent to an activating group) is 1. The largest absolute Gasteiger partial charge is 0.366 e. The van der Waals surface area contributed by atoms with Crippen molar-refractivity contribution in [1.82, 2.24) is 24.9 Å². The van der Waals surface area contributed by atoms with Crippen molar-refractivity contribution >= 4 is 16.7 Å². The van der Waals surface area contributed by atoms with Crippen molar-refractivity contribution in [3.05, 3.63) is 70.0 Å². The Hall–Kier alpha value is -3.45. The number of aromatic nitrogens is 4. The van der Waals surface area contributed by atoms with Crippen molar-refractivity contribution < 1.29 is 0 Å². The summed E-state index contributed by atoms with van der Waals surface area (Å²) in [7, 11) is 2.22. The van der Waals surface area contributed by atoms with Crippen LogP contribution in [0.1, 0.15) is 17.5 Å². The molecule has 4 aromatic rings. The first-order valence-corrected chi connectivity index (χ1v) is 11.1. The molecule has 0 aliphatic carbocycles. The molecule has 0 unspecified atom stereocenters. The molecule has 0 spiro atoms. The van der Waals surface area contributed by atoms with Gasteiger partial charge in [-0.05, 0) is 50.6 Å². The molecular formula is C25H26N6O. The molecular weight excluding hydrogens is 400 g/mol. The fraction of sp³-hybridized carbons (Fsp3) is 0.320. The molecule has 0 saturated carbocycles. The SMILES string of the molecule is Cc1cccc(C)c1-n1nc2c(-c3ccc(N4C[C@@H]5C[C@H]4CN5C)cc3)n[nH]c2cc1=O. The van der Waals surface area contributed by atoms with Crippen LogP contribution in [0.5, 0.6) is 0 Å². The van der Waals surface area contributed by atoms with E-state index in [1.54, 1.807) is 6.07 Å². The molecule has 0 amide bonds. The van der Waals surface area contributed by atoms with Crippen LogP contribution in [0, 0.1) is 13.8 Å². The van der Waals surface area contributed by atoms with Crippen molar-refractivity contribution in [1.29, 1.82) is 0 Å². The average molecular weight is 427 g/mol. The lowest BCUT2D eigenvalue weighted by Gasteiger charge is -2.33. The molecule has 7 nitrogen and oxygen atoms in total. The van der Waals surface area contributed by atoms with Crippen LogP contribution < -0.4 is 10.5 Å². The Morgan fingerprint density at radius 3 is 2.41 bits per heavy atom. The Labute approximate surface area is 186 Å². The van der Waals surface area contributed by atoms with Gasteiger partial charge < -0.3 is 4.90 Å². The lowest BCUT2D eigenvalue weighted by molar-refractivity contribution is 0.292. The van der Waals surface area contributed by atoms with Gasteiger partial charge in [-0.15, -0.1) is 0 Å². The number of H-pyrrole nitrogens is 1. The minimum atomic E-state index is -0.172. The van der Waals surface area contributed by atoms with Crippen LogP contribution in [0.15, 0.2) is 53.3 Å². The fourth-order valence-electron chi connectivity index (χ4n) is 5.38. The maximum Gasteiger partial charge on any atom is 0.273 e. The van der Waals surface area contributed by atoms with Crippen LogP contribution in [0.3, 0.4) is 0 Å². The van der Waals surface area contributed by atoms with E-state index in [1.807, 2.05) is 32.0 Å². The van der Waals surface area contributed by atoms with E-state index in [4.69, 9.17) is 5.10 Å². The minimum absolute atomic E-state index is 0.172. The highest BCUT2D eigenvalue weighted by Gasteiger charge is 2.41. The summed E-state index contributed by atoms with van der Waals surface area (Å²) < 4.78 is 1.50. The summed E-state index contributed by atoms with van der Waals surface area (Å²) in [5.74, 6) is 0. The van der Waals surface area contributed by atoms with E-state index >= 15 is 0 Å². The zero-order valence-corrected chi connectivity index (χ0v) is 18.5. The molecule has 2 bridgehead atoms. The number of aromatic amines is 1. The summed E-state index contributed by atoms with van der Waals surface area (Å²) in [5, 5.41) is 12.2. The maximum atomic E-state index is 12.8. The molecule has 4 heterocycles. The highest BCUT2D eigenvalue weighted by Crippen LogP contribution is 2.35. The first-order valence-electron chi connectivity index (χ1n) is 11.1. The maximum absolute atomic E-state index is 12.8. The van der Waals surface area contributed by atoms with Crippen molar-refractivity contribution in [2.45, 2.75) is 32.4 Å². The standard InChI is InChI=1S/C25H26N6O/c1-15-5-4-6-16(2)25(15)31-22(32)12-21-24(28-31)23(27-26-21)17-7-9-18(10-8-17)30-14-19-11-20(30)13-29(19)3/h4-10,12,19-20,26H,11,13-14H2,1-3H3/t19-,20-/m0/s1. The van der Waals surface area contributed by atoms with Gasteiger partial charge >= 0.3 is 0 Å². The molecule has 1 N–H and O–H groups in total. The monoisotopic (exact) mass is 426 g/mol. The molecule has 2 aliphatic rings. The Morgan fingerprint density at radius 1 is 1.00 bits per heavy atom. The summed E-state index contributed by atoms with van der Waals surface area (Å²) in [4.78, 5) is 17.8. The van der Waals surface area contributed by atoms with Crippen LogP contribution >= 0.6 is 0 Å². The molecule has 2 aromatic heterocycles. The average Bonchev–Trinajstić information content (AvgIpc) is 3.47. The van der Waals surface area contributed by atoms with Crippen LogP contribution in [0.25, 0.3) is 28.0 Å². The van der Waals surface area contributed by atoms with Gasteiger partial charge in [-0.25, -0.2) is 0 Å². The van der Waals surface area contributed by atoms with E-state index in [2.05, 4.69) is 51.3 Å². The number of anilines is 1. The third-order valence-corrected chi connectivity index (χ3v) is 7.08. The Morgan fingerprint density at radius 2 is 1.75 bits per heavy atom. The molecule has 2 atom stereocenters. The number of aryl methyl sites for hydroxylation is 2. The first-order chi connectivity index (χ1) is 15.5. The molecule has 2 aromatic carbocycles. The van der Waals surface area contributed by atoms with E-state index in [0.29, 0.717) is 23.1 Å². The van der Waals surface area contributed by atoms with E-state index in [1.165, 1.54) is 16.8 Å².